The second kappa shape index (κ2) is 6.31. The number of ether oxygens (including phenoxy) is 2. The SMILES string of the molecule is CCN1CCOC(CN2CCOC(C#N)C2)C1. The Labute approximate surface area is 103 Å². The Kier molecular flexibility index (Phi) is 4.75. The molecule has 0 aromatic carbocycles. The summed E-state index contributed by atoms with van der Waals surface area (Å²) in [5.74, 6) is 0. The van der Waals surface area contributed by atoms with Gasteiger partial charge in [0.25, 0.3) is 0 Å². The Balaban J connectivity index is 1.78. The smallest absolute Gasteiger partial charge is 0.156 e. The van der Waals surface area contributed by atoms with Gasteiger partial charge in [-0.05, 0) is 6.54 Å². The zero-order chi connectivity index (χ0) is 12.1. The lowest BCUT2D eigenvalue weighted by Crippen LogP contribution is -2.51. The maximum atomic E-state index is 8.85. The molecule has 5 nitrogen and oxygen atoms in total. The van der Waals surface area contributed by atoms with E-state index in [4.69, 9.17) is 14.7 Å². The van der Waals surface area contributed by atoms with E-state index in [-0.39, 0.29) is 12.2 Å². The first-order valence-electron chi connectivity index (χ1n) is 6.39. The second-order valence-electron chi connectivity index (χ2n) is 4.63. The number of rotatable bonds is 3. The van der Waals surface area contributed by atoms with Gasteiger partial charge in [0.2, 0.25) is 0 Å². The average molecular weight is 239 g/mol. The highest BCUT2D eigenvalue weighted by Crippen LogP contribution is 2.10. The maximum Gasteiger partial charge on any atom is 0.156 e. The number of hydrogen-bond donors (Lipinski definition) is 0. The molecule has 0 amide bonds. The van der Waals surface area contributed by atoms with Crippen LogP contribution in [0.1, 0.15) is 6.92 Å². The van der Waals surface area contributed by atoms with E-state index in [1.54, 1.807) is 0 Å². The third kappa shape index (κ3) is 3.65. The fourth-order valence-corrected chi connectivity index (χ4v) is 2.41. The van der Waals surface area contributed by atoms with Crippen LogP contribution in [0, 0.1) is 11.3 Å². The van der Waals surface area contributed by atoms with Crippen LogP contribution in [-0.4, -0.2) is 74.5 Å². The highest BCUT2D eigenvalue weighted by Gasteiger charge is 2.25. The van der Waals surface area contributed by atoms with Crippen LogP contribution >= 0.6 is 0 Å². The minimum absolute atomic E-state index is 0.269. The zero-order valence-electron chi connectivity index (χ0n) is 10.5. The molecule has 0 aromatic heterocycles. The summed E-state index contributed by atoms with van der Waals surface area (Å²) < 4.78 is 11.1. The van der Waals surface area contributed by atoms with Crippen LogP contribution in [0.5, 0.6) is 0 Å². The predicted molar refractivity (Wildman–Crippen MR) is 63.6 cm³/mol. The minimum atomic E-state index is -0.269. The molecule has 17 heavy (non-hydrogen) atoms. The lowest BCUT2D eigenvalue weighted by atomic mass is 10.2. The third-order valence-electron chi connectivity index (χ3n) is 3.43. The summed E-state index contributed by atoms with van der Waals surface area (Å²) in [5.41, 5.74) is 0. The number of morpholine rings is 2. The summed E-state index contributed by atoms with van der Waals surface area (Å²) in [6, 6.07) is 2.18. The summed E-state index contributed by atoms with van der Waals surface area (Å²) in [6.07, 6.45) is 0.00996. The molecule has 2 rings (SSSR count). The van der Waals surface area contributed by atoms with Crippen molar-refractivity contribution in [2.24, 2.45) is 0 Å². The molecule has 2 aliphatic rings. The largest absolute Gasteiger partial charge is 0.374 e. The van der Waals surface area contributed by atoms with Crippen LogP contribution in [0.3, 0.4) is 0 Å². The summed E-state index contributed by atoms with van der Waals surface area (Å²) in [6.45, 7) is 9.33. The summed E-state index contributed by atoms with van der Waals surface area (Å²) in [7, 11) is 0. The van der Waals surface area contributed by atoms with E-state index in [1.165, 1.54) is 0 Å². The molecule has 2 atom stereocenters. The van der Waals surface area contributed by atoms with Crippen LogP contribution in [0.2, 0.25) is 0 Å². The van der Waals surface area contributed by atoms with Crippen LogP contribution in [0.15, 0.2) is 0 Å². The standard InChI is InChI=1S/C12H21N3O2/c1-2-14-3-5-17-12(9-14)10-15-4-6-16-11(7-13)8-15/h11-12H,2-6,8-10H2,1H3. The summed E-state index contributed by atoms with van der Waals surface area (Å²) >= 11 is 0. The molecule has 96 valence electrons. The van der Waals surface area contributed by atoms with Gasteiger partial charge in [0.05, 0.1) is 25.4 Å². The van der Waals surface area contributed by atoms with Gasteiger partial charge in [-0.25, -0.2) is 0 Å². The van der Waals surface area contributed by atoms with Crippen molar-refractivity contribution >= 4 is 0 Å². The van der Waals surface area contributed by atoms with Gasteiger partial charge in [-0.15, -0.1) is 0 Å². The molecular weight excluding hydrogens is 218 g/mol. The van der Waals surface area contributed by atoms with E-state index >= 15 is 0 Å². The molecular formula is C12H21N3O2. The van der Waals surface area contributed by atoms with E-state index in [9.17, 15) is 0 Å². The molecule has 0 saturated carbocycles. The predicted octanol–water partition coefficient (Wildman–Crippen LogP) is -0.0685. The quantitative estimate of drug-likeness (QED) is 0.690. The van der Waals surface area contributed by atoms with E-state index < -0.39 is 0 Å². The zero-order valence-corrected chi connectivity index (χ0v) is 10.5. The van der Waals surface area contributed by atoms with Crippen LogP contribution in [0.25, 0.3) is 0 Å². The molecule has 5 heteroatoms. The van der Waals surface area contributed by atoms with Gasteiger partial charge in [-0.3, -0.25) is 9.80 Å². The Morgan fingerprint density at radius 1 is 1.18 bits per heavy atom. The fourth-order valence-electron chi connectivity index (χ4n) is 2.41. The summed E-state index contributed by atoms with van der Waals surface area (Å²) in [4.78, 5) is 4.69. The number of likely N-dealkylation sites (N-methyl/N-ethyl adjacent to an activating group) is 1. The first kappa shape index (κ1) is 12.8. The number of hydrogen-bond acceptors (Lipinski definition) is 5. The van der Waals surface area contributed by atoms with Gasteiger partial charge in [0.1, 0.15) is 0 Å². The van der Waals surface area contributed by atoms with E-state index in [1.807, 2.05) is 0 Å². The Morgan fingerprint density at radius 3 is 2.71 bits per heavy atom. The number of nitrogens with zero attached hydrogens (tertiary/aromatic N) is 3. The maximum absolute atomic E-state index is 8.85. The van der Waals surface area contributed by atoms with Gasteiger partial charge in [0, 0.05) is 32.7 Å². The van der Waals surface area contributed by atoms with Gasteiger partial charge in [0.15, 0.2) is 6.10 Å². The highest BCUT2D eigenvalue weighted by atomic mass is 16.5. The molecule has 0 bridgehead atoms. The lowest BCUT2D eigenvalue weighted by molar-refractivity contribution is -0.0640. The molecule has 0 aromatic rings. The monoisotopic (exact) mass is 239 g/mol. The van der Waals surface area contributed by atoms with Crippen molar-refractivity contribution in [2.45, 2.75) is 19.1 Å². The number of nitriles is 1. The molecule has 2 heterocycles. The van der Waals surface area contributed by atoms with Crippen LogP contribution < -0.4 is 0 Å². The molecule has 2 fully saturated rings. The molecule has 2 unspecified atom stereocenters. The Morgan fingerprint density at radius 2 is 1.94 bits per heavy atom. The first-order valence-corrected chi connectivity index (χ1v) is 6.39. The molecule has 0 radical (unpaired) electrons. The van der Waals surface area contributed by atoms with Crippen LogP contribution in [0.4, 0.5) is 0 Å². The van der Waals surface area contributed by atoms with Gasteiger partial charge in [-0.1, -0.05) is 6.92 Å². The van der Waals surface area contributed by atoms with Crippen molar-refractivity contribution in [3.63, 3.8) is 0 Å². The molecule has 2 aliphatic heterocycles. The third-order valence-corrected chi connectivity index (χ3v) is 3.43. The van der Waals surface area contributed by atoms with Crippen molar-refractivity contribution in [3.05, 3.63) is 0 Å². The van der Waals surface area contributed by atoms with Crippen molar-refractivity contribution < 1.29 is 9.47 Å². The highest BCUT2D eigenvalue weighted by molar-refractivity contribution is 4.90. The van der Waals surface area contributed by atoms with Crippen molar-refractivity contribution in [1.29, 1.82) is 5.26 Å². The topological polar surface area (TPSA) is 48.7 Å². The van der Waals surface area contributed by atoms with Crippen LogP contribution in [-0.2, 0) is 9.47 Å². The van der Waals surface area contributed by atoms with E-state index in [0.29, 0.717) is 13.2 Å². The van der Waals surface area contributed by atoms with Crippen molar-refractivity contribution in [2.75, 3.05) is 52.5 Å². The van der Waals surface area contributed by atoms with Crippen molar-refractivity contribution in [1.82, 2.24) is 9.80 Å². The van der Waals surface area contributed by atoms with E-state index in [2.05, 4.69) is 22.8 Å². The molecule has 0 aliphatic carbocycles. The lowest BCUT2D eigenvalue weighted by Gasteiger charge is -2.37. The van der Waals surface area contributed by atoms with E-state index in [0.717, 1.165) is 39.3 Å². The average Bonchev–Trinajstić information content (AvgIpc) is 2.39. The van der Waals surface area contributed by atoms with Gasteiger partial charge >= 0.3 is 0 Å². The Bertz CT molecular complexity index is 279. The second-order valence-corrected chi connectivity index (χ2v) is 4.63. The van der Waals surface area contributed by atoms with Gasteiger partial charge < -0.3 is 9.47 Å². The van der Waals surface area contributed by atoms with Gasteiger partial charge in [-0.2, -0.15) is 5.26 Å². The Hall–Kier alpha value is -0.670. The van der Waals surface area contributed by atoms with Crippen molar-refractivity contribution in [3.8, 4) is 6.07 Å². The fraction of sp³-hybridized carbons (Fsp3) is 0.917. The first-order chi connectivity index (χ1) is 8.31. The molecule has 0 N–H and O–H groups in total. The summed E-state index contributed by atoms with van der Waals surface area (Å²) in [5, 5.41) is 8.85. The molecule has 2 saturated heterocycles. The molecule has 0 spiro atoms. The normalized spacial score (nSPS) is 32.2. The minimum Gasteiger partial charge on any atom is -0.374 e.